The maximum Gasteiger partial charge on any atom is 0.246 e. The topological polar surface area (TPSA) is 58.6 Å². The molecular weight excluding hydrogens is 268 g/mol. The van der Waals surface area contributed by atoms with Crippen molar-refractivity contribution < 1.29 is 14.3 Å². The number of rotatable bonds is 7. The number of hydrogen-bond acceptors (Lipinski definition) is 3. The Hall–Kier alpha value is -1.10. The summed E-state index contributed by atoms with van der Waals surface area (Å²) in [5, 5.41) is 2.91. The maximum atomic E-state index is 12.7. The molecule has 1 fully saturated rings. The molecule has 0 radical (unpaired) electrons. The van der Waals surface area contributed by atoms with Gasteiger partial charge in [0, 0.05) is 19.8 Å². The zero-order valence-electron chi connectivity index (χ0n) is 14.1. The average Bonchev–Trinajstić information content (AvgIpc) is 2.40. The highest BCUT2D eigenvalue weighted by atomic mass is 16.5. The molecule has 0 saturated carbocycles. The Kier molecular flexibility index (Phi) is 6.65. The molecule has 0 bridgehead atoms. The quantitative estimate of drug-likeness (QED) is 0.731. The maximum absolute atomic E-state index is 12.7. The van der Waals surface area contributed by atoms with Crippen LogP contribution in [0.25, 0.3) is 0 Å². The van der Waals surface area contributed by atoms with Crippen LogP contribution >= 0.6 is 0 Å². The molecule has 0 aromatic carbocycles. The molecule has 1 aliphatic rings. The molecule has 0 aliphatic carbocycles. The standard InChI is InChI=1S/C16H30N2O3/c1-6-9-12-14(19)17-13(16(3,4)5)15(20)18(12)10-8-11-21-7-2/h12-13H,6-11H2,1-5H3,(H,17,19). The normalized spacial score (nSPS) is 23.4. The van der Waals surface area contributed by atoms with E-state index in [0.717, 1.165) is 12.8 Å². The first-order valence-corrected chi connectivity index (χ1v) is 8.01. The van der Waals surface area contributed by atoms with Gasteiger partial charge in [0.2, 0.25) is 11.8 Å². The van der Waals surface area contributed by atoms with E-state index in [0.29, 0.717) is 26.2 Å². The molecule has 0 aromatic rings. The van der Waals surface area contributed by atoms with Crippen molar-refractivity contribution in [3.05, 3.63) is 0 Å². The van der Waals surface area contributed by atoms with Crippen molar-refractivity contribution in [1.29, 1.82) is 0 Å². The predicted octanol–water partition coefficient (Wildman–Crippen LogP) is 1.95. The lowest BCUT2D eigenvalue weighted by molar-refractivity contribution is -0.153. The van der Waals surface area contributed by atoms with Gasteiger partial charge in [-0.25, -0.2) is 0 Å². The van der Waals surface area contributed by atoms with E-state index in [9.17, 15) is 9.59 Å². The van der Waals surface area contributed by atoms with Crippen LogP contribution in [0.3, 0.4) is 0 Å². The van der Waals surface area contributed by atoms with Crippen LogP contribution < -0.4 is 5.32 Å². The first-order chi connectivity index (χ1) is 9.82. The summed E-state index contributed by atoms with van der Waals surface area (Å²) in [7, 11) is 0. The van der Waals surface area contributed by atoms with Crippen LogP contribution in [0.2, 0.25) is 0 Å². The molecule has 1 aliphatic heterocycles. The molecule has 1 rings (SSSR count). The number of nitrogens with zero attached hydrogens (tertiary/aromatic N) is 1. The zero-order chi connectivity index (χ0) is 16.0. The highest BCUT2D eigenvalue weighted by Crippen LogP contribution is 2.26. The largest absolute Gasteiger partial charge is 0.382 e. The Labute approximate surface area is 128 Å². The van der Waals surface area contributed by atoms with Crippen LogP contribution in [0.5, 0.6) is 0 Å². The van der Waals surface area contributed by atoms with Gasteiger partial charge < -0.3 is 15.0 Å². The van der Waals surface area contributed by atoms with E-state index in [1.165, 1.54) is 0 Å². The number of hydrogen-bond donors (Lipinski definition) is 1. The van der Waals surface area contributed by atoms with Gasteiger partial charge in [-0.3, -0.25) is 9.59 Å². The molecule has 2 atom stereocenters. The van der Waals surface area contributed by atoms with Crippen LogP contribution in [0, 0.1) is 5.41 Å². The van der Waals surface area contributed by atoms with Gasteiger partial charge in [-0.15, -0.1) is 0 Å². The fourth-order valence-corrected chi connectivity index (χ4v) is 2.66. The molecule has 0 spiro atoms. The Morgan fingerprint density at radius 3 is 2.43 bits per heavy atom. The minimum Gasteiger partial charge on any atom is -0.382 e. The highest BCUT2D eigenvalue weighted by molar-refractivity contribution is 5.97. The predicted molar refractivity (Wildman–Crippen MR) is 82.9 cm³/mol. The molecule has 1 saturated heterocycles. The number of carbonyl (C=O) groups excluding carboxylic acids is 2. The van der Waals surface area contributed by atoms with Crippen LogP contribution in [0.1, 0.15) is 53.9 Å². The molecule has 1 heterocycles. The molecule has 2 unspecified atom stereocenters. The van der Waals surface area contributed by atoms with Crippen LogP contribution in [0.4, 0.5) is 0 Å². The lowest BCUT2D eigenvalue weighted by atomic mass is 9.83. The summed E-state index contributed by atoms with van der Waals surface area (Å²) in [5.74, 6) is 0.0184. The van der Waals surface area contributed by atoms with E-state index >= 15 is 0 Å². The molecule has 122 valence electrons. The Bertz CT molecular complexity index is 363. The third-order valence-corrected chi connectivity index (χ3v) is 3.82. The second kappa shape index (κ2) is 7.78. The van der Waals surface area contributed by atoms with Crippen molar-refractivity contribution in [2.75, 3.05) is 19.8 Å². The number of ether oxygens (including phenoxy) is 1. The third kappa shape index (κ3) is 4.70. The van der Waals surface area contributed by atoms with Gasteiger partial charge in [-0.05, 0) is 25.2 Å². The average molecular weight is 298 g/mol. The monoisotopic (exact) mass is 298 g/mol. The second-order valence-corrected chi connectivity index (χ2v) is 6.69. The molecule has 5 nitrogen and oxygen atoms in total. The molecular formula is C16H30N2O3. The van der Waals surface area contributed by atoms with Crippen LogP contribution in [-0.4, -0.2) is 48.6 Å². The number of nitrogens with one attached hydrogen (secondary N) is 1. The summed E-state index contributed by atoms with van der Waals surface area (Å²) in [6, 6.07) is -0.770. The summed E-state index contributed by atoms with van der Waals surface area (Å²) in [6.07, 6.45) is 2.36. The minimum atomic E-state index is -0.440. The second-order valence-electron chi connectivity index (χ2n) is 6.69. The summed E-state index contributed by atoms with van der Waals surface area (Å²) >= 11 is 0. The number of amides is 2. The summed E-state index contributed by atoms with van der Waals surface area (Å²) < 4.78 is 5.34. The first kappa shape index (κ1) is 18.0. The Morgan fingerprint density at radius 2 is 1.90 bits per heavy atom. The zero-order valence-corrected chi connectivity index (χ0v) is 14.1. The van der Waals surface area contributed by atoms with Crippen molar-refractivity contribution in [2.45, 2.75) is 66.0 Å². The number of piperazine rings is 1. The van der Waals surface area contributed by atoms with Gasteiger partial charge in [0.1, 0.15) is 12.1 Å². The van der Waals surface area contributed by atoms with Crippen molar-refractivity contribution in [2.24, 2.45) is 5.41 Å². The molecule has 5 heteroatoms. The Morgan fingerprint density at radius 1 is 1.24 bits per heavy atom. The first-order valence-electron chi connectivity index (χ1n) is 8.01. The van der Waals surface area contributed by atoms with Gasteiger partial charge in [-0.1, -0.05) is 34.1 Å². The van der Waals surface area contributed by atoms with Crippen molar-refractivity contribution >= 4 is 11.8 Å². The van der Waals surface area contributed by atoms with Crippen molar-refractivity contribution in [3.8, 4) is 0 Å². The van der Waals surface area contributed by atoms with Gasteiger partial charge in [0.15, 0.2) is 0 Å². The summed E-state index contributed by atoms with van der Waals surface area (Å²) in [5.41, 5.74) is -0.276. The van der Waals surface area contributed by atoms with Crippen LogP contribution in [0.15, 0.2) is 0 Å². The number of carbonyl (C=O) groups is 2. The Balaban J connectivity index is 2.82. The smallest absolute Gasteiger partial charge is 0.246 e. The molecule has 21 heavy (non-hydrogen) atoms. The molecule has 0 aromatic heterocycles. The lowest BCUT2D eigenvalue weighted by Crippen LogP contribution is -2.66. The molecule has 2 amide bonds. The van der Waals surface area contributed by atoms with E-state index in [1.807, 2.05) is 34.6 Å². The fourth-order valence-electron chi connectivity index (χ4n) is 2.66. The van der Waals surface area contributed by atoms with E-state index in [1.54, 1.807) is 4.90 Å². The molecule has 1 N–H and O–H groups in total. The van der Waals surface area contributed by atoms with Gasteiger partial charge in [0.25, 0.3) is 0 Å². The summed E-state index contributed by atoms with van der Waals surface area (Å²) in [6.45, 7) is 11.8. The van der Waals surface area contributed by atoms with E-state index < -0.39 is 6.04 Å². The van der Waals surface area contributed by atoms with Crippen molar-refractivity contribution in [3.63, 3.8) is 0 Å². The van der Waals surface area contributed by atoms with E-state index in [4.69, 9.17) is 4.74 Å². The fraction of sp³-hybridized carbons (Fsp3) is 0.875. The van der Waals surface area contributed by atoms with Gasteiger partial charge in [0.05, 0.1) is 0 Å². The third-order valence-electron chi connectivity index (χ3n) is 3.82. The summed E-state index contributed by atoms with van der Waals surface area (Å²) in [4.78, 5) is 26.8. The van der Waals surface area contributed by atoms with Crippen molar-refractivity contribution in [1.82, 2.24) is 10.2 Å². The highest BCUT2D eigenvalue weighted by Gasteiger charge is 2.44. The van der Waals surface area contributed by atoms with Gasteiger partial charge >= 0.3 is 0 Å². The van der Waals surface area contributed by atoms with Gasteiger partial charge in [-0.2, -0.15) is 0 Å². The van der Waals surface area contributed by atoms with E-state index in [2.05, 4.69) is 5.32 Å². The SMILES string of the molecule is CCCC1C(=O)NC(C(C)(C)C)C(=O)N1CCCOCC. The van der Waals surface area contributed by atoms with Crippen LogP contribution in [-0.2, 0) is 14.3 Å². The minimum absolute atomic E-state index is 0.0206. The lowest BCUT2D eigenvalue weighted by Gasteiger charge is -2.43. The van der Waals surface area contributed by atoms with E-state index in [-0.39, 0.29) is 23.3 Å².